The number of hydrogen-bond acceptors (Lipinski definition) is 2. The van der Waals surface area contributed by atoms with Crippen molar-refractivity contribution in [1.82, 2.24) is 5.32 Å². The van der Waals surface area contributed by atoms with Crippen LogP contribution in [-0.2, 0) is 6.54 Å². The van der Waals surface area contributed by atoms with Gasteiger partial charge in [-0.15, -0.1) is 0 Å². The van der Waals surface area contributed by atoms with E-state index < -0.39 is 5.82 Å². The normalized spacial score (nSPS) is 23.6. The third-order valence-corrected chi connectivity index (χ3v) is 4.00. The minimum atomic E-state index is -0.436. The van der Waals surface area contributed by atoms with Gasteiger partial charge in [0.15, 0.2) is 0 Å². The molecule has 1 aromatic rings. The molecule has 2 atom stereocenters. The van der Waals surface area contributed by atoms with E-state index in [0.29, 0.717) is 12.6 Å². The minimum absolute atomic E-state index is 0.133. The van der Waals surface area contributed by atoms with Crippen molar-refractivity contribution in [2.75, 3.05) is 0 Å². The van der Waals surface area contributed by atoms with Crippen molar-refractivity contribution in [1.29, 1.82) is 5.26 Å². The third kappa shape index (κ3) is 4.04. The highest BCUT2D eigenvalue weighted by molar-refractivity contribution is 5.34. The third-order valence-electron chi connectivity index (χ3n) is 4.00. The van der Waals surface area contributed by atoms with Gasteiger partial charge in [-0.05, 0) is 42.9 Å². The molecule has 102 valence electrons. The average molecular weight is 260 g/mol. The van der Waals surface area contributed by atoms with Gasteiger partial charge < -0.3 is 5.32 Å². The number of rotatable bonds is 3. The lowest BCUT2D eigenvalue weighted by Crippen LogP contribution is -2.28. The molecule has 1 saturated carbocycles. The van der Waals surface area contributed by atoms with Gasteiger partial charge in [0.1, 0.15) is 11.9 Å². The van der Waals surface area contributed by atoms with Gasteiger partial charge in [0.25, 0.3) is 0 Å². The molecule has 0 aliphatic heterocycles. The Kier molecular flexibility index (Phi) is 4.93. The van der Waals surface area contributed by atoms with Crippen LogP contribution in [0.25, 0.3) is 0 Å². The van der Waals surface area contributed by atoms with Crippen molar-refractivity contribution in [2.24, 2.45) is 5.92 Å². The monoisotopic (exact) mass is 260 g/mol. The van der Waals surface area contributed by atoms with Crippen LogP contribution < -0.4 is 5.32 Å². The first-order valence-corrected chi connectivity index (χ1v) is 7.11. The van der Waals surface area contributed by atoms with Gasteiger partial charge in [0, 0.05) is 12.6 Å². The highest BCUT2D eigenvalue weighted by Gasteiger charge is 2.15. The highest BCUT2D eigenvalue weighted by Crippen LogP contribution is 2.22. The van der Waals surface area contributed by atoms with Gasteiger partial charge >= 0.3 is 0 Å². The summed E-state index contributed by atoms with van der Waals surface area (Å²) in [5.41, 5.74) is 1.11. The van der Waals surface area contributed by atoms with Crippen LogP contribution >= 0.6 is 0 Å². The second kappa shape index (κ2) is 6.68. The van der Waals surface area contributed by atoms with E-state index in [1.54, 1.807) is 12.1 Å². The van der Waals surface area contributed by atoms with Crippen LogP contribution in [0.2, 0.25) is 0 Å². The molecule has 19 heavy (non-hydrogen) atoms. The number of nitrogens with one attached hydrogen (secondary N) is 1. The van der Waals surface area contributed by atoms with Gasteiger partial charge in [0.05, 0.1) is 5.56 Å². The summed E-state index contributed by atoms with van der Waals surface area (Å²) in [7, 11) is 0. The summed E-state index contributed by atoms with van der Waals surface area (Å²) < 4.78 is 13.2. The predicted molar refractivity (Wildman–Crippen MR) is 74.0 cm³/mol. The Bertz CT molecular complexity index is 464. The summed E-state index contributed by atoms with van der Waals surface area (Å²) in [4.78, 5) is 0. The first-order valence-electron chi connectivity index (χ1n) is 7.11. The maximum atomic E-state index is 13.2. The molecule has 2 nitrogen and oxygen atoms in total. The molecular formula is C16H21FN2. The fourth-order valence-corrected chi connectivity index (χ4v) is 2.72. The minimum Gasteiger partial charge on any atom is -0.310 e. The first-order chi connectivity index (χ1) is 9.19. The zero-order valence-electron chi connectivity index (χ0n) is 11.5. The fourth-order valence-electron chi connectivity index (χ4n) is 2.72. The molecule has 0 radical (unpaired) electrons. The van der Waals surface area contributed by atoms with E-state index in [1.807, 2.05) is 6.07 Å². The molecule has 1 aliphatic rings. The summed E-state index contributed by atoms with van der Waals surface area (Å²) in [5.74, 6) is 0.400. The average Bonchev–Trinajstić information content (AvgIpc) is 2.62. The molecule has 0 spiro atoms. The maximum Gasteiger partial charge on any atom is 0.140 e. The van der Waals surface area contributed by atoms with E-state index >= 15 is 0 Å². The number of hydrogen-bond donors (Lipinski definition) is 1. The molecule has 0 heterocycles. The SMILES string of the molecule is CC1CCCC(NCc2ccc(F)c(C#N)c2)CC1. The van der Waals surface area contributed by atoms with Gasteiger partial charge in [-0.2, -0.15) is 5.26 Å². The number of benzene rings is 1. The molecule has 0 amide bonds. The van der Waals surface area contributed by atoms with E-state index in [2.05, 4.69) is 12.2 Å². The van der Waals surface area contributed by atoms with Gasteiger partial charge in [-0.25, -0.2) is 4.39 Å². The molecule has 0 bridgehead atoms. The van der Waals surface area contributed by atoms with Crippen molar-refractivity contribution >= 4 is 0 Å². The number of nitriles is 1. The molecule has 1 aromatic carbocycles. The van der Waals surface area contributed by atoms with Crippen molar-refractivity contribution < 1.29 is 4.39 Å². The Balaban J connectivity index is 1.90. The summed E-state index contributed by atoms with van der Waals surface area (Å²) in [5, 5.41) is 12.4. The second-order valence-electron chi connectivity index (χ2n) is 5.62. The predicted octanol–water partition coefficient (Wildman–Crippen LogP) is 3.76. The molecule has 1 fully saturated rings. The molecular weight excluding hydrogens is 239 g/mol. The zero-order chi connectivity index (χ0) is 13.7. The molecule has 2 rings (SSSR count). The number of halogens is 1. The molecule has 0 aromatic heterocycles. The summed E-state index contributed by atoms with van der Waals surface area (Å²) in [6.07, 6.45) is 6.33. The standard InChI is InChI=1S/C16H21FN2/c1-12-3-2-4-15(7-5-12)19-11-13-6-8-16(17)14(9-13)10-18/h6,8-9,12,15,19H,2-5,7,11H2,1H3. The fraction of sp³-hybridized carbons (Fsp3) is 0.562. The molecule has 3 heteroatoms. The van der Waals surface area contributed by atoms with Gasteiger partial charge in [0.2, 0.25) is 0 Å². The lowest BCUT2D eigenvalue weighted by Gasteiger charge is -2.16. The zero-order valence-corrected chi connectivity index (χ0v) is 11.5. The highest BCUT2D eigenvalue weighted by atomic mass is 19.1. The molecule has 1 N–H and O–H groups in total. The Labute approximate surface area is 114 Å². The lowest BCUT2D eigenvalue weighted by atomic mass is 10.0. The van der Waals surface area contributed by atoms with Crippen LogP contribution in [0.4, 0.5) is 4.39 Å². The van der Waals surface area contributed by atoms with Gasteiger partial charge in [-0.1, -0.05) is 25.8 Å². The molecule has 1 aliphatic carbocycles. The summed E-state index contributed by atoms with van der Waals surface area (Å²) in [6.45, 7) is 3.04. The van der Waals surface area contributed by atoms with Crippen LogP contribution in [0.15, 0.2) is 18.2 Å². The topological polar surface area (TPSA) is 35.8 Å². The summed E-state index contributed by atoms with van der Waals surface area (Å²) in [6, 6.07) is 7.22. The Morgan fingerprint density at radius 1 is 1.32 bits per heavy atom. The van der Waals surface area contributed by atoms with Crippen LogP contribution in [-0.4, -0.2) is 6.04 Å². The van der Waals surface area contributed by atoms with E-state index in [-0.39, 0.29) is 5.56 Å². The van der Waals surface area contributed by atoms with Crippen LogP contribution in [0.1, 0.15) is 50.2 Å². The van der Waals surface area contributed by atoms with Crippen molar-refractivity contribution in [3.63, 3.8) is 0 Å². The second-order valence-corrected chi connectivity index (χ2v) is 5.62. The van der Waals surface area contributed by atoms with E-state index in [4.69, 9.17) is 5.26 Å². The first kappa shape index (κ1) is 14.0. The van der Waals surface area contributed by atoms with Crippen molar-refractivity contribution in [3.8, 4) is 6.07 Å². The Morgan fingerprint density at radius 3 is 2.95 bits per heavy atom. The lowest BCUT2D eigenvalue weighted by molar-refractivity contribution is 0.447. The number of nitrogens with zero attached hydrogens (tertiary/aromatic N) is 1. The van der Waals surface area contributed by atoms with Gasteiger partial charge in [-0.3, -0.25) is 0 Å². The van der Waals surface area contributed by atoms with Crippen LogP contribution in [0, 0.1) is 23.1 Å². The Hall–Kier alpha value is -1.40. The summed E-state index contributed by atoms with van der Waals surface area (Å²) >= 11 is 0. The van der Waals surface area contributed by atoms with Crippen molar-refractivity contribution in [2.45, 2.75) is 51.6 Å². The molecule has 0 saturated heterocycles. The van der Waals surface area contributed by atoms with Crippen LogP contribution in [0.5, 0.6) is 0 Å². The molecule has 2 unspecified atom stereocenters. The van der Waals surface area contributed by atoms with E-state index in [0.717, 1.165) is 11.5 Å². The Morgan fingerprint density at radius 2 is 2.16 bits per heavy atom. The largest absolute Gasteiger partial charge is 0.310 e. The quantitative estimate of drug-likeness (QED) is 0.840. The van der Waals surface area contributed by atoms with Crippen molar-refractivity contribution in [3.05, 3.63) is 35.1 Å². The van der Waals surface area contributed by atoms with E-state index in [9.17, 15) is 4.39 Å². The maximum absolute atomic E-state index is 13.2. The smallest absolute Gasteiger partial charge is 0.140 e. The van der Waals surface area contributed by atoms with E-state index in [1.165, 1.54) is 38.2 Å². The van der Waals surface area contributed by atoms with Crippen LogP contribution in [0.3, 0.4) is 0 Å².